The van der Waals surface area contributed by atoms with Gasteiger partial charge in [-0.2, -0.15) is 5.10 Å². The second-order valence-electron chi connectivity index (χ2n) is 3.76. The molecule has 0 spiro atoms. The summed E-state index contributed by atoms with van der Waals surface area (Å²) in [4.78, 5) is 12.8. The molecule has 0 fully saturated rings. The number of aliphatic imine (C=N–C) groups is 1. The molecule has 0 atom stereocenters. The number of H-pyrrole nitrogens is 1. The third-order valence-corrected chi connectivity index (χ3v) is 2.58. The molecule has 0 saturated heterocycles. The minimum atomic E-state index is 0.672. The largest absolute Gasteiger partial charge is 0.261 e. The summed E-state index contributed by atoms with van der Waals surface area (Å²) in [6, 6.07) is 0. The number of rotatable bonds is 1. The molecule has 0 radical (unpaired) electrons. The minimum Gasteiger partial charge on any atom is -0.261 e. The van der Waals surface area contributed by atoms with Crippen molar-refractivity contribution in [3.63, 3.8) is 0 Å². The van der Waals surface area contributed by atoms with E-state index in [0.717, 1.165) is 29.6 Å². The van der Waals surface area contributed by atoms with Gasteiger partial charge in [0, 0.05) is 5.71 Å². The number of hydrogen-bond donors (Lipinski definition) is 1. The van der Waals surface area contributed by atoms with Crippen molar-refractivity contribution in [3.8, 4) is 0 Å². The van der Waals surface area contributed by atoms with Crippen LogP contribution in [0.15, 0.2) is 41.8 Å². The van der Waals surface area contributed by atoms with Crippen molar-refractivity contribution in [2.24, 2.45) is 4.99 Å². The smallest absolute Gasteiger partial charge is 0.166 e. The van der Waals surface area contributed by atoms with Crippen LogP contribution in [0.3, 0.4) is 0 Å². The van der Waals surface area contributed by atoms with Gasteiger partial charge in [-0.15, -0.1) is 0 Å². The molecular weight excluding hydrogens is 214 g/mol. The molecule has 0 unspecified atom stereocenters. The summed E-state index contributed by atoms with van der Waals surface area (Å²) in [5, 5.41) is 7.61. The fourth-order valence-electron chi connectivity index (χ4n) is 1.73. The zero-order chi connectivity index (χ0) is 11.5. The van der Waals surface area contributed by atoms with Gasteiger partial charge in [0.2, 0.25) is 0 Å². The van der Waals surface area contributed by atoms with Gasteiger partial charge in [0.05, 0.1) is 11.6 Å². The quantitative estimate of drug-likeness (QED) is 0.809. The molecule has 3 rings (SSSR count). The highest BCUT2D eigenvalue weighted by Gasteiger charge is 2.05. The number of nitrogens with one attached hydrogen (secondary N) is 1. The maximum atomic E-state index is 4.56. The Balaban J connectivity index is 2.04. The van der Waals surface area contributed by atoms with Crippen LogP contribution >= 0.6 is 0 Å². The summed E-state index contributed by atoms with van der Waals surface area (Å²) in [6.45, 7) is 0. The molecule has 1 aliphatic carbocycles. The molecular formula is C12H11N5. The number of nitrogens with zero attached hydrogens (tertiary/aromatic N) is 4. The topological polar surface area (TPSA) is 66.8 Å². The highest BCUT2D eigenvalue weighted by Crippen LogP contribution is 2.20. The third-order valence-electron chi connectivity index (χ3n) is 2.58. The zero-order valence-corrected chi connectivity index (χ0v) is 9.17. The van der Waals surface area contributed by atoms with Gasteiger partial charge in [0.25, 0.3) is 0 Å². The predicted molar refractivity (Wildman–Crippen MR) is 66.3 cm³/mol. The van der Waals surface area contributed by atoms with E-state index in [9.17, 15) is 0 Å². The summed E-state index contributed by atoms with van der Waals surface area (Å²) in [5.41, 5.74) is 1.74. The van der Waals surface area contributed by atoms with E-state index >= 15 is 0 Å². The van der Waals surface area contributed by atoms with Crippen LogP contribution in [0, 0.1) is 0 Å². The molecule has 1 N–H and O–H groups in total. The average molecular weight is 225 g/mol. The van der Waals surface area contributed by atoms with Gasteiger partial charge in [-0.3, -0.25) is 5.10 Å². The van der Waals surface area contributed by atoms with Gasteiger partial charge in [0.15, 0.2) is 11.5 Å². The minimum absolute atomic E-state index is 0.672. The second-order valence-corrected chi connectivity index (χ2v) is 3.76. The first-order valence-electron chi connectivity index (χ1n) is 5.48. The Morgan fingerprint density at radius 2 is 2.24 bits per heavy atom. The number of allylic oxidation sites excluding steroid dienone is 4. The molecule has 0 aromatic carbocycles. The standard InChI is InChI=1S/C12H11N5/c1-2-4-6-9(5-3-1)16-11-10-7-15-17-12(10)14-8-13-11/h1-3,5,7-8H,4,6H2,(H,13,14,15,17). The van der Waals surface area contributed by atoms with Crippen LogP contribution < -0.4 is 0 Å². The fraction of sp³-hybridized carbons (Fsp3) is 0.167. The number of fused-ring (bicyclic) bond motifs is 1. The van der Waals surface area contributed by atoms with E-state index in [2.05, 4.69) is 31.2 Å². The summed E-state index contributed by atoms with van der Waals surface area (Å²) < 4.78 is 0. The summed E-state index contributed by atoms with van der Waals surface area (Å²) in [7, 11) is 0. The normalized spacial score (nSPS) is 17.8. The number of aromatic nitrogens is 4. The Morgan fingerprint density at radius 1 is 1.24 bits per heavy atom. The molecule has 0 saturated carbocycles. The van der Waals surface area contributed by atoms with Crippen LogP contribution in [0.2, 0.25) is 0 Å². The molecule has 5 nitrogen and oxygen atoms in total. The van der Waals surface area contributed by atoms with Crippen LogP contribution in [0.4, 0.5) is 5.82 Å². The Kier molecular flexibility index (Phi) is 2.50. The lowest BCUT2D eigenvalue weighted by atomic mass is 10.2. The molecule has 5 heteroatoms. The molecule has 84 valence electrons. The van der Waals surface area contributed by atoms with E-state index in [1.54, 1.807) is 6.20 Å². The fourth-order valence-corrected chi connectivity index (χ4v) is 1.73. The summed E-state index contributed by atoms with van der Waals surface area (Å²) in [5.74, 6) is 0.672. The SMILES string of the molecule is C1=CCCC(=Nc2ncnc3[nH]ncc23)C=C1. The Bertz CT molecular complexity index is 621. The van der Waals surface area contributed by atoms with Crippen molar-refractivity contribution in [2.75, 3.05) is 0 Å². The van der Waals surface area contributed by atoms with Gasteiger partial charge in [0.1, 0.15) is 6.33 Å². The van der Waals surface area contributed by atoms with Crippen LogP contribution in [0.5, 0.6) is 0 Å². The molecule has 17 heavy (non-hydrogen) atoms. The average Bonchev–Trinajstić information content (AvgIpc) is 2.69. The van der Waals surface area contributed by atoms with Crippen molar-refractivity contribution in [1.82, 2.24) is 20.2 Å². The number of hydrogen-bond acceptors (Lipinski definition) is 4. The third kappa shape index (κ3) is 1.99. The summed E-state index contributed by atoms with van der Waals surface area (Å²) in [6.07, 6.45) is 13.3. The van der Waals surface area contributed by atoms with Gasteiger partial charge >= 0.3 is 0 Å². The highest BCUT2D eigenvalue weighted by molar-refractivity contribution is 5.99. The first-order valence-corrected chi connectivity index (χ1v) is 5.48. The van der Waals surface area contributed by atoms with Crippen molar-refractivity contribution in [2.45, 2.75) is 12.8 Å². The van der Waals surface area contributed by atoms with Crippen molar-refractivity contribution in [1.29, 1.82) is 0 Å². The van der Waals surface area contributed by atoms with E-state index in [-0.39, 0.29) is 0 Å². The Labute approximate surface area is 98.0 Å². The van der Waals surface area contributed by atoms with Crippen molar-refractivity contribution in [3.05, 3.63) is 36.8 Å². The number of aromatic amines is 1. The van der Waals surface area contributed by atoms with E-state index in [0.29, 0.717) is 5.82 Å². The van der Waals surface area contributed by atoms with E-state index in [4.69, 9.17) is 0 Å². The molecule has 2 aromatic rings. The molecule has 2 heterocycles. The zero-order valence-electron chi connectivity index (χ0n) is 9.17. The van der Waals surface area contributed by atoms with Gasteiger partial charge < -0.3 is 0 Å². The molecule has 0 bridgehead atoms. The predicted octanol–water partition coefficient (Wildman–Crippen LogP) is 2.33. The lowest BCUT2D eigenvalue weighted by molar-refractivity contribution is 1.08. The van der Waals surface area contributed by atoms with Gasteiger partial charge in [-0.05, 0) is 18.9 Å². The first-order chi connectivity index (χ1) is 8.43. The van der Waals surface area contributed by atoms with Crippen molar-refractivity contribution >= 4 is 22.6 Å². The van der Waals surface area contributed by atoms with Crippen LogP contribution in [-0.4, -0.2) is 25.9 Å². The first kappa shape index (κ1) is 9.89. The van der Waals surface area contributed by atoms with Crippen molar-refractivity contribution < 1.29 is 0 Å². The van der Waals surface area contributed by atoms with Crippen LogP contribution in [0.1, 0.15) is 12.8 Å². The molecule has 0 aliphatic heterocycles. The maximum Gasteiger partial charge on any atom is 0.166 e. The monoisotopic (exact) mass is 225 g/mol. The Hall–Kier alpha value is -2.30. The molecule has 2 aromatic heterocycles. The van der Waals surface area contributed by atoms with Gasteiger partial charge in [-0.25, -0.2) is 15.0 Å². The highest BCUT2D eigenvalue weighted by atomic mass is 15.1. The van der Waals surface area contributed by atoms with E-state index in [1.165, 1.54) is 6.33 Å². The lowest BCUT2D eigenvalue weighted by Gasteiger charge is -1.98. The Morgan fingerprint density at radius 3 is 3.24 bits per heavy atom. The molecule has 1 aliphatic rings. The van der Waals surface area contributed by atoms with E-state index in [1.807, 2.05) is 18.2 Å². The second kappa shape index (κ2) is 4.29. The molecule has 0 amide bonds. The summed E-state index contributed by atoms with van der Waals surface area (Å²) >= 11 is 0. The maximum absolute atomic E-state index is 4.56. The van der Waals surface area contributed by atoms with Crippen LogP contribution in [-0.2, 0) is 0 Å². The van der Waals surface area contributed by atoms with Crippen LogP contribution in [0.25, 0.3) is 11.0 Å². The van der Waals surface area contributed by atoms with Gasteiger partial charge in [-0.1, -0.05) is 18.2 Å². The lowest BCUT2D eigenvalue weighted by Crippen LogP contribution is -1.92. The van der Waals surface area contributed by atoms with E-state index < -0.39 is 0 Å².